The minimum absolute atomic E-state index is 0.105. The lowest BCUT2D eigenvalue weighted by atomic mass is 10.1. The fourth-order valence-electron chi connectivity index (χ4n) is 4.25. The number of nitrogens with zero attached hydrogens (tertiary/aromatic N) is 5. The van der Waals surface area contributed by atoms with E-state index in [0.29, 0.717) is 41.8 Å². The molecule has 0 unspecified atom stereocenters. The summed E-state index contributed by atoms with van der Waals surface area (Å²) in [7, 11) is 2.03. The lowest BCUT2D eigenvalue weighted by Gasteiger charge is -2.38. The van der Waals surface area contributed by atoms with E-state index >= 15 is 0 Å². The fraction of sp³-hybridized carbons (Fsp3) is 0.360. The minimum Gasteiger partial charge on any atom is -0.476 e. The molecule has 2 aromatic carbocycles. The van der Waals surface area contributed by atoms with Crippen LogP contribution in [0.15, 0.2) is 53.1 Å². The van der Waals surface area contributed by atoms with Gasteiger partial charge in [-0.3, -0.25) is 9.59 Å². The highest BCUT2D eigenvalue weighted by Crippen LogP contribution is 2.34. The molecule has 0 bridgehead atoms. The highest BCUT2D eigenvalue weighted by Gasteiger charge is 2.36. The van der Waals surface area contributed by atoms with Gasteiger partial charge in [0.15, 0.2) is 6.10 Å². The number of aryl methyl sites for hydroxylation is 1. The summed E-state index contributed by atoms with van der Waals surface area (Å²) in [6.45, 7) is 3.03. The zero-order valence-corrected chi connectivity index (χ0v) is 19.4. The highest BCUT2D eigenvalue weighted by molar-refractivity contribution is 5.97. The SMILES string of the molecule is CN1CCN(C(=O)[C@@H]2CN(C(=O)CCc3nc(-c4ccc(F)cc4)no3)c3ccccc3O2)CC1. The number of likely N-dealkylation sites (N-methyl/N-ethyl adjacent to an activating group) is 1. The van der Waals surface area contributed by atoms with Crippen molar-refractivity contribution < 1.29 is 23.2 Å². The largest absolute Gasteiger partial charge is 0.476 e. The second-order valence-corrected chi connectivity index (χ2v) is 8.73. The van der Waals surface area contributed by atoms with E-state index in [0.717, 1.165) is 13.1 Å². The fourth-order valence-corrected chi connectivity index (χ4v) is 4.25. The number of ether oxygens (including phenoxy) is 1. The molecule has 1 atom stereocenters. The van der Waals surface area contributed by atoms with Gasteiger partial charge in [0.2, 0.25) is 17.6 Å². The topological polar surface area (TPSA) is 92.0 Å². The Bertz CT molecular complexity index is 1210. The van der Waals surface area contributed by atoms with Crippen molar-refractivity contribution in [3.63, 3.8) is 0 Å². The van der Waals surface area contributed by atoms with Crippen LogP contribution in [0.25, 0.3) is 11.4 Å². The number of fused-ring (bicyclic) bond motifs is 1. The van der Waals surface area contributed by atoms with Crippen molar-refractivity contribution in [1.29, 1.82) is 0 Å². The molecule has 0 saturated carbocycles. The number of anilines is 1. The van der Waals surface area contributed by atoms with E-state index in [1.165, 1.54) is 12.1 Å². The van der Waals surface area contributed by atoms with Crippen molar-refractivity contribution in [2.24, 2.45) is 0 Å². The Labute approximate surface area is 202 Å². The maximum Gasteiger partial charge on any atom is 0.265 e. The predicted molar refractivity (Wildman–Crippen MR) is 125 cm³/mol. The Morgan fingerprint density at radius 3 is 2.57 bits per heavy atom. The summed E-state index contributed by atoms with van der Waals surface area (Å²) >= 11 is 0. The van der Waals surface area contributed by atoms with Gasteiger partial charge < -0.3 is 24.0 Å². The average molecular weight is 480 g/mol. The Hall–Kier alpha value is -3.79. The number of carbonyl (C=O) groups excluding carboxylic acids is 2. The molecule has 0 spiro atoms. The van der Waals surface area contributed by atoms with Crippen LogP contribution in [-0.2, 0) is 16.0 Å². The molecule has 2 aliphatic heterocycles. The second kappa shape index (κ2) is 9.83. The molecule has 0 aliphatic carbocycles. The molecule has 1 fully saturated rings. The van der Waals surface area contributed by atoms with E-state index in [1.807, 2.05) is 25.2 Å². The van der Waals surface area contributed by atoms with Crippen LogP contribution in [0, 0.1) is 5.82 Å². The number of hydrogen-bond donors (Lipinski definition) is 0. The molecule has 35 heavy (non-hydrogen) atoms. The maximum atomic E-state index is 13.2. The highest BCUT2D eigenvalue weighted by atomic mass is 19.1. The van der Waals surface area contributed by atoms with Crippen LogP contribution >= 0.6 is 0 Å². The molecular formula is C25H26FN5O4. The number of amides is 2. The summed E-state index contributed by atoms with van der Waals surface area (Å²) in [6, 6.07) is 13.0. The number of hydrogen-bond acceptors (Lipinski definition) is 7. The Morgan fingerprint density at radius 1 is 1.06 bits per heavy atom. The van der Waals surface area contributed by atoms with Gasteiger partial charge in [-0.1, -0.05) is 17.3 Å². The number of halogens is 1. The van der Waals surface area contributed by atoms with E-state index in [1.54, 1.807) is 28.0 Å². The molecule has 3 heterocycles. The smallest absolute Gasteiger partial charge is 0.265 e. The van der Waals surface area contributed by atoms with Crippen LogP contribution in [0.3, 0.4) is 0 Å². The number of aromatic nitrogens is 2. The third-order valence-corrected chi connectivity index (χ3v) is 6.29. The summed E-state index contributed by atoms with van der Waals surface area (Å²) in [4.78, 5) is 36.3. The minimum atomic E-state index is -0.759. The van der Waals surface area contributed by atoms with Crippen LogP contribution in [0.4, 0.5) is 10.1 Å². The maximum absolute atomic E-state index is 13.2. The van der Waals surface area contributed by atoms with Gasteiger partial charge in [0.05, 0.1) is 12.2 Å². The van der Waals surface area contributed by atoms with Crippen LogP contribution < -0.4 is 9.64 Å². The van der Waals surface area contributed by atoms with E-state index in [9.17, 15) is 14.0 Å². The molecule has 5 rings (SSSR count). The van der Waals surface area contributed by atoms with Gasteiger partial charge in [0.25, 0.3) is 5.91 Å². The van der Waals surface area contributed by atoms with Gasteiger partial charge in [0, 0.05) is 44.6 Å². The number of rotatable bonds is 5. The van der Waals surface area contributed by atoms with Crippen molar-refractivity contribution in [1.82, 2.24) is 19.9 Å². The monoisotopic (exact) mass is 479 g/mol. The van der Waals surface area contributed by atoms with Crippen molar-refractivity contribution in [2.45, 2.75) is 18.9 Å². The Balaban J connectivity index is 1.27. The first-order chi connectivity index (χ1) is 17.0. The first-order valence-electron chi connectivity index (χ1n) is 11.6. The summed E-state index contributed by atoms with van der Waals surface area (Å²) in [6.07, 6.45) is -0.399. The van der Waals surface area contributed by atoms with Crippen LogP contribution in [0.2, 0.25) is 0 Å². The summed E-state index contributed by atoms with van der Waals surface area (Å²) in [5.41, 5.74) is 1.26. The number of piperazine rings is 1. The summed E-state index contributed by atoms with van der Waals surface area (Å²) < 4.78 is 24.5. The molecule has 2 aliphatic rings. The Kier molecular flexibility index (Phi) is 6.45. The second-order valence-electron chi connectivity index (χ2n) is 8.73. The molecule has 0 radical (unpaired) electrons. The third-order valence-electron chi connectivity index (χ3n) is 6.29. The van der Waals surface area contributed by atoms with Gasteiger partial charge in [0.1, 0.15) is 11.6 Å². The molecule has 1 aromatic heterocycles. The van der Waals surface area contributed by atoms with E-state index in [-0.39, 0.29) is 37.0 Å². The first-order valence-corrected chi connectivity index (χ1v) is 11.6. The summed E-state index contributed by atoms with van der Waals surface area (Å²) in [5, 5.41) is 3.93. The zero-order valence-electron chi connectivity index (χ0n) is 19.4. The number of carbonyl (C=O) groups is 2. The van der Waals surface area contributed by atoms with E-state index < -0.39 is 6.10 Å². The van der Waals surface area contributed by atoms with Gasteiger partial charge >= 0.3 is 0 Å². The number of para-hydroxylation sites is 2. The lowest BCUT2D eigenvalue weighted by Crippen LogP contribution is -2.55. The molecule has 0 N–H and O–H groups in total. The van der Waals surface area contributed by atoms with Crippen LogP contribution in [0.1, 0.15) is 12.3 Å². The lowest BCUT2D eigenvalue weighted by molar-refractivity contribution is -0.140. The average Bonchev–Trinajstić information content (AvgIpc) is 3.36. The molecule has 3 aromatic rings. The molecule has 10 heteroatoms. The number of benzene rings is 2. The van der Waals surface area contributed by atoms with Crippen LogP contribution in [0.5, 0.6) is 5.75 Å². The normalized spacial score (nSPS) is 18.2. The van der Waals surface area contributed by atoms with Crippen molar-refractivity contribution in [3.8, 4) is 17.1 Å². The third kappa shape index (κ3) is 5.02. The van der Waals surface area contributed by atoms with Crippen LogP contribution in [-0.4, -0.2) is 77.6 Å². The van der Waals surface area contributed by atoms with E-state index in [4.69, 9.17) is 9.26 Å². The standard InChI is InChI=1S/C25H26FN5O4/c1-29-12-14-30(15-13-29)25(33)21-16-31(19-4-2-3-5-20(19)34-21)23(32)11-10-22-27-24(28-35-22)17-6-8-18(26)9-7-17/h2-9,21H,10-16H2,1H3/t21-/m0/s1. The Morgan fingerprint density at radius 2 is 1.80 bits per heavy atom. The molecule has 182 valence electrons. The zero-order chi connectivity index (χ0) is 24.4. The van der Waals surface area contributed by atoms with Crippen molar-refractivity contribution in [2.75, 3.05) is 44.7 Å². The van der Waals surface area contributed by atoms with E-state index in [2.05, 4.69) is 15.0 Å². The van der Waals surface area contributed by atoms with Crippen molar-refractivity contribution in [3.05, 3.63) is 60.2 Å². The van der Waals surface area contributed by atoms with Crippen molar-refractivity contribution >= 4 is 17.5 Å². The quantitative estimate of drug-likeness (QED) is 0.555. The molecule has 1 saturated heterocycles. The van der Waals surface area contributed by atoms with Gasteiger partial charge in [-0.25, -0.2) is 4.39 Å². The predicted octanol–water partition coefficient (Wildman–Crippen LogP) is 2.38. The van der Waals surface area contributed by atoms with Gasteiger partial charge in [-0.15, -0.1) is 0 Å². The summed E-state index contributed by atoms with van der Waals surface area (Å²) in [5.74, 6) is 0.533. The molecule has 2 amide bonds. The molecular weight excluding hydrogens is 453 g/mol. The first kappa shape index (κ1) is 23.0. The van der Waals surface area contributed by atoms with Gasteiger partial charge in [-0.05, 0) is 43.4 Å². The van der Waals surface area contributed by atoms with Gasteiger partial charge in [-0.2, -0.15) is 4.98 Å². The molecule has 9 nitrogen and oxygen atoms in total.